The van der Waals surface area contributed by atoms with Crippen LogP contribution in [0.15, 0.2) is 53.4 Å². The van der Waals surface area contributed by atoms with E-state index in [1.54, 1.807) is 28.6 Å². The van der Waals surface area contributed by atoms with E-state index in [-0.39, 0.29) is 10.9 Å². The van der Waals surface area contributed by atoms with Gasteiger partial charge in [-0.05, 0) is 23.8 Å². The summed E-state index contributed by atoms with van der Waals surface area (Å²) in [4.78, 5) is 16.6. The van der Waals surface area contributed by atoms with Crippen LogP contribution in [0.5, 0.6) is 0 Å². The van der Waals surface area contributed by atoms with Crippen molar-refractivity contribution < 1.29 is 4.92 Å². The average Bonchev–Trinajstić information content (AvgIpc) is 2.93. The number of anilines is 2. The molecule has 1 N–H and O–H groups in total. The molecule has 1 aromatic heterocycles. The van der Waals surface area contributed by atoms with Crippen LogP contribution in [0.2, 0.25) is 5.15 Å². The number of halogens is 1. The largest absolute Gasteiger partial charge is 0.358 e. The third kappa shape index (κ3) is 3.13. The molecule has 0 atom stereocenters. The molecule has 3 rings (SSSR count). The van der Waals surface area contributed by atoms with Gasteiger partial charge >= 0.3 is 5.03 Å². The first-order valence-electron chi connectivity index (χ1n) is 6.79. The van der Waals surface area contributed by atoms with Crippen molar-refractivity contribution in [3.05, 3.63) is 74.3 Å². The summed E-state index contributed by atoms with van der Waals surface area (Å²) in [6.07, 6.45) is 1.62. The van der Waals surface area contributed by atoms with E-state index in [9.17, 15) is 10.1 Å². The lowest BCUT2D eigenvalue weighted by atomic mass is 10.2. The van der Waals surface area contributed by atoms with E-state index in [1.807, 2.05) is 24.3 Å². The number of thiocyanates is 1. The molecule has 1 aliphatic heterocycles. The van der Waals surface area contributed by atoms with Crippen molar-refractivity contribution >= 4 is 34.7 Å². The number of benzene rings is 1. The number of hydrogen-bond acceptors (Lipinski definition) is 7. The van der Waals surface area contributed by atoms with Crippen LogP contribution in [0, 0.1) is 20.8 Å². The number of nitrogens with zero attached hydrogens (tertiary/aromatic N) is 4. The second kappa shape index (κ2) is 6.78. The van der Waals surface area contributed by atoms with Crippen LogP contribution >= 0.6 is 23.4 Å². The highest BCUT2D eigenvalue weighted by Gasteiger charge is 2.32. The molecule has 0 fully saturated rings. The predicted molar refractivity (Wildman–Crippen MR) is 92.7 cm³/mol. The maximum Gasteiger partial charge on any atom is 0.358 e. The van der Waals surface area contributed by atoms with Crippen LogP contribution < -0.4 is 10.2 Å². The SMILES string of the molecule is N#CS/C(=C1\Nc2ccccc2N1Cc1ccc(Cl)nc1)[N+](=O)[O-]. The van der Waals surface area contributed by atoms with Crippen molar-refractivity contribution in [2.45, 2.75) is 6.54 Å². The highest BCUT2D eigenvalue weighted by Crippen LogP contribution is 2.40. The Morgan fingerprint density at radius 1 is 1.42 bits per heavy atom. The first-order chi connectivity index (χ1) is 11.6. The lowest BCUT2D eigenvalue weighted by Gasteiger charge is -2.19. The number of nitriles is 1. The van der Waals surface area contributed by atoms with E-state index < -0.39 is 4.92 Å². The van der Waals surface area contributed by atoms with Crippen molar-refractivity contribution in [1.29, 1.82) is 5.26 Å². The number of thioether (sulfide) groups is 1. The molecule has 1 aromatic carbocycles. The molecule has 9 heteroatoms. The number of aromatic nitrogens is 1. The van der Waals surface area contributed by atoms with Crippen LogP contribution in [-0.4, -0.2) is 9.91 Å². The summed E-state index contributed by atoms with van der Waals surface area (Å²) >= 11 is 6.31. The molecule has 2 aromatic rings. The van der Waals surface area contributed by atoms with Gasteiger partial charge in [0.25, 0.3) is 0 Å². The van der Waals surface area contributed by atoms with Gasteiger partial charge < -0.3 is 10.2 Å². The predicted octanol–water partition coefficient (Wildman–Crippen LogP) is 3.78. The van der Waals surface area contributed by atoms with E-state index in [1.165, 1.54) is 0 Å². The fourth-order valence-electron chi connectivity index (χ4n) is 2.36. The number of nitrogens with one attached hydrogen (secondary N) is 1. The Hall–Kier alpha value is -2.76. The number of para-hydroxylation sites is 2. The molecule has 0 saturated carbocycles. The summed E-state index contributed by atoms with van der Waals surface area (Å²) in [6.45, 7) is 0.354. The highest BCUT2D eigenvalue weighted by atomic mass is 35.5. The van der Waals surface area contributed by atoms with Gasteiger partial charge in [0, 0.05) is 6.20 Å². The Bertz CT molecular complexity index is 863. The molecule has 0 spiro atoms. The first kappa shape index (κ1) is 16.1. The topological polar surface area (TPSA) is 95.1 Å². The molecule has 24 heavy (non-hydrogen) atoms. The smallest absolute Gasteiger partial charge is 0.334 e. The normalized spacial score (nSPS) is 14.6. The fourth-order valence-corrected chi connectivity index (χ4v) is 2.89. The van der Waals surface area contributed by atoms with Crippen molar-refractivity contribution in [1.82, 2.24) is 4.98 Å². The van der Waals surface area contributed by atoms with Crippen LogP contribution in [0.4, 0.5) is 11.4 Å². The second-order valence-corrected chi connectivity index (χ2v) is 5.98. The Kier molecular flexibility index (Phi) is 4.55. The molecule has 0 aliphatic carbocycles. The minimum absolute atomic E-state index is 0.254. The van der Waals surface area contributed by atoms with Crippen molar-refractivity contribution in [2.75, 3.05) is 10.2 Å². The van der Waals surface area contributed by atoms with Gasteiger partial charge in [0.05, 0.1) is 34.6 Å². The zero-order valence-electron chi connectivity index (χ0n) is 12.1. The molecular weight excluding hydrogens is 350 g/mol. The van der Waals surface area contributed by atoms with Gasteiger partial charge in [-0.2, -0.15) is 5.26 Å². The van der Waals surface area contributed by atoms with Gasteiger partial charge in [-0.3, -0.25) is 10.1 Å². The zero-order chi connectivity index (χ0) is 17.1. The molecule has 2 heterocycles. The zero-order valence-corrected chi connectivity index (χ0v) is 13.7. The molecule has 120 valence electrons. The molecule has 0 amide bonds. The van der Waals surface area contributed by atoms with Crippen molar-refractivity contribution in [2.24, 2.45) is 0 Å². The van der Waals surface area contributed by atoms with Gasteiger partial charge in [-0.25, -0.2) is 4.98 Å². The summed E-state index contributed by atoms with van der Waals surface area (Å²) in [6, 6.07) is 10.8. The number of rotatable bonds is 4. The van der Waals surface area contributed by atoms with Crippen LogP contribution in [0.1, 0.15) is 5.56 Å². The number of pyridine rings is 1. The lowest BCUT2D eigenvalue weighted by Crippen LogP contribution is -2.23. The van der Waals surface area contributed by atoms with E-state index in [0.29, 0.717) is 23.5 Å². The maximum absolute atomic E-state index is 11.3. The third-order valence-corrected chi connectivity index (χ3v) is 4.21. The highest BCUT2D eigenvalue weighted by molar-refractivity contribution is 8.07. The van der Waals surface area contributed by atoms with Gasteiger partial charge in [-0.1, -0.05) is 29.8 Å². The number of fused-ring (bicyclic) bond motifs is 1. The Balaban J connectivity index is 2.06. The Labute approximate surface area is 146 Å². The maximum atomic E-state index is 11.3. The third-order valence-electron chi connectivity index (χ3n) is 3.36. The first-order valence-corrected chi connectivity index (χ1v) is 7.98. The summed E-state index contributed by atoms with van der Waals surface area (Å²) in [5, 5.41) is 25.1. The molecule has 0 unspecified atom stereocenters. The summed E-state index contributed by atoms with van der Waals surface area (Å²) in [5.74, 6) is 0.266. The molecular formula is C15H10ClN5O2S. The van der Waals surface area contributed by atoms with E-state index in [0.717, 1.165) is 16.9 Å². The Morgan fingerprint density at radius 3 is 2.88 bits per heavy atom. The van der Waals surface area contributed by atoms with Crippen LogP contribution in [-0.2, 0) is 6.54 Å². The summed E-state index contributed by atoms with van der Waals surface area (Å²) in [5.41, 5.74) is 2.37. The van der Waals surface area contributed by atoms with E-state index in [2.05, 4.69) is 10.3 Å². The molecule has 7 nitrogen and oxygen atoms in total. The molecule has 0 saturated heterocycles. The van der Waals surface area contributed by atoms with Gasteiger partial charge in [-0.15, -0.1) is 0 Å². The standard InChI is InChI=1S/C15H10ClN5O2S/c16-13-6-5-10(7-18-13)8-20-12-4-2-1-3-11(12)19-14(20)15(21(22)23)24-9-17/h1-7,19H,8H2/b15-14+. The van der Waals surface area contributed by atoms with Crippen LogP contribution in [0.3, 0.4) is 0 Å². The molecule has 0 bridgehead atoms. The van der Waals surface area contributed by atoms with E-state index >= 15 is 0 Å². The molecule has 1 aliphatic rings. The fraction of sp³-hybridized carbons (Fsp3) is 0.0667. The van der Waals surface area contributed by atoms with Gasteiger partial charge in [0.1, 0.15) is 10.6 Å². The van der Waals surface area contributed by atoms with Crippen molar-refractivity contribution in [3.63, 3.8) is 0 Å². The van der Waals surface area contributed by atoms with Crippen LogP contribution in [0.25, 0.3) is 0 Å². The Morgan fingerprint density at radius 2 is 2.21 bits per heavy atom. The second-order valence-electron chi connectivity index (χ2n) is 4.82. The average molecular weight is 360 g/mol. The monoisotopic (exact) mass is 359 g/mol. The summed E-state index contributed by atoms with van der Waals surface area (Å²) < 4.78 is 0. The number of nitro groups is 1. The quantitative estimate of drug-likeness (QED) is 0.384. The molecule has 0 radical (unpaired) electrons. The lowest BCUT2D eigenvalue weighted by molar-refractivity contribution is -0.411. The summed E-state index contributed by atoms with van der Waals surface area (Å²) in [7, 11) is 0. The van der Waals surface area contributed by atoms with E-state index in [4.69, 9.17) is 16.9 Å². The minimum Gasteiger partial charge on any atom is -0.334 e. The van der Waals surface area contributed by atoms with Crippen molar-refractivity contribution in [3.8, 4) is 5.40 Å². The minimum atomic E-state index is -0.560. The van der Waals surface area contributed by atoms with Gasteiger partial charge in [0.15, 0.2) is 5.82 Å². The number of hydrogen-bond donors (Lipinski definition) is 1. The van der Waals surface area contributed by atoms with Gasteiger partial charge in [0.2, 0.25) is 0 Å².